The van der Waals surface area contributed by atoms with Crippen LogP contribution < -0.4 is 0 Å². The number of nitro groups is 1. The van der Waals surface area contributed by atoms with Gasteiger partial charge < -0.3 is 10.0 Å². The Morgan fingerprint density at radius 3 is 2.12 bits per heavy atom. The van der Waals surface area contributed by atoms with Crippen LogP contribution >= 0.6 is 0 Å². The van der Waals surface area contributed by atoms with Crippen molar-refractivity contribution < 1.29 is 19.6 Å². The zero-order valence-electron chi connectivity index (χ0n) is 14.4. The Labute approximate surface area is 151 Å². The van der Waals surface area contributed by atoms with Gasteiger partial charge in [0.2, 0.25) is 0 Å². The molecule has 2 aromatic carbocycles. The van der Waals surface area contributed by atoms with Gasteiger partial charge in [-0.3, -0.25) is 14.9 Å². The van der Waals surface area contributed by atoms with Crippen LogP contribution in [0.4, 0.5) is 10.5 Å². The van der Waals surface area contributed by atoms with Crippen molar-refractivity contribution in [2.75, 3.05) is 13.1 Å². The maximum atomic E-state index is 12.1. The molecule has 3 rings (SSSR count). The second kappa shape index (κ2) is 8.75. The molecule has 0 saturated carbocycles. The summed E-state index contributed by atoms with van der Waals surface area (Å²) >= 11 is 0. The van der Waals surface area contributed by atoms with Gasteiger partial charge in [0.1, 0.15) is 0 Å². The molecule has 1 heterocycles. The topological polar surface area (TPSA) is 101 Å². The van der Waals surface area contributed by atoms with Crippen LogP contribution in [0.5, 0.6) is 0 Å². The highest BCUT2D eigenvalue weighted by atomic mass is 16.6. The number of hydrogen-bond acceptors (Lipinski definition) is 4. The molecule has 26 heavy (non-hydrogen) atoms. The van der Waals surface area contributed by atoms with E-state index in [-0.39, 0.29) is 11.5 Å². The summed E-state index contributed by atoms with van der Waals surface area (Å²) in [5.74, 6) is -0.131. The lowest BCUT2D eigenvalue weighted by atomic mass is 10.0. The first-order valence-electron chi connectivity index (χ1n) is 8.23. The van der Waals surface area contributed by atoms with Crippen LogP contribution in [0.1, 0.15) is 34.3 Å². The maximum Gasteiger partial charge on any atom is 0.407 e. The molecule has 1 amide bonds. The fraction of sp³-hybridized carbons (Fsp3) is 0.263. The summed E-state index contributed by atoms with van der Waals surface area (Å²) in [6, 6.07) is 13.2. The molecule has 0 bridgehead atoms. The molecular formula is C19H20N2O5. The number of carboxylic acid groups (broad SMARTS) is 1. The van der Waals surface area contributed by atoms with Gasteiger partial charge in [0, 0.05) is 35.8 Å². The highest BCUT2D eigenvalue weighted by Gasteiger charge is 2.15. The van der Waals surface area contributed by atoms with Crippen molar-refractivity contribution in [2.45, 2.75) is 19.8 Å². The Morgan fingerprint density at radius 1 is 1.04 bits per heavy atom. The van der Waals surface area contributed by atoms with Crippen LogP contribution in [0.2, 0.25) is 0 Å². The Morgan fingerprint density at radius 2 is 1.65 bits per heavy atom. The minimum atomic E-state index is -0.775. The first-order chi connectivity index (χ1) is 12.4. The molecule has 1 saturated heterocycles. The first-order valence-corrected chi connectivity index (χ1v) is 8.23. The van der Waals surface area contributed by atoms with Crippen LogP contribution in [0.15, 0.2) is 48.5 Å². The molecule has 1 aliphatic rings. The van der Waals surface area contributed by atoms with Gasteiger partial charge >= 0.3 is 6.09 Å². The van der Waals surface area contributed by atoms with Crippen molar-refractivity contribution in [3.05, 3.63) is 75.3 Å². The molecule has 0 aliphatic carbocycles. The number of ketones is 1. The van der Waals surface area contributed by atoms with Crippen molar-refractivity contribution in [1.82, 2.24) is 4.90 Å². The smallest absolute Gasteiger partial charge is 0.407 e. The lowest BCUT2D eigenvalue weighted by Crippen LogP contribution is -2.25. The third kappa shape index (κ3) is 4.89. The Kier molecular flexibility index (Phi) is 6.43. The van der Waals surface area contributed by atoms with Gasteiger partial charge in [0.05, 0.1) is 4.92 Å². The summed E-state index contributed by atoms with van der Waals surface area (Å²) in [7, 11) is 0. The average molecular weight is 356 g/mol. The summed E-state index contributed by atoms with van der Waals surface area (Å²) in [5.41, 5.74) is 1.55. The molecule has 0 unspecified atom stereocenters. The molecule has 7 heteroatoms. The number of rotatable bonds is 3. The number of amides is 1. The largest absolute Gasteiger partial charge is 0.465 e. The van der Waals surface area contributed by atoms with Gasteiger partial charge in [-0.05, 0) is 31.9 Å². The monoisotopic (exact) mass is 356 g/mol. The van der Waals surface area contributed by atoms with Gasteiger partial charge in [-0.25, -0.2) is 4.79 Å². The number of benzene rings is 2. The molecule has 1 fully saturated rings. The number of carbonyl (C=O) groups excluding carboxylic acids is 1. The van der Waals surface area contributed by atoms with Gasteiger partial charge in [0.15, 0.2) is 5.78 Å². The average Bonchev–Trinajstić information content (AvgIpc) is 3.17. The van der Waals surface area contributed by atoms with E-state index >= 15 is 0 Å². The standard InChI is InChI=1S/C14H11NO3.C5H9NO2/c1-10-9-12(7-8-13(10)15(17)18)14(16)11-5-3-2-4-6-11;7-5(8)6-3-1-2-4-6/h2-9H,1H3;1-4H2,(H,7,8). The number of aryl methyl sites for hydroxylation is 1. The third-order valence-corrected chi connectivity index (χ3v) is 4.07. The molecule has 0 aromatic heterocycles. The van der Waals surface area contributed by atoms with Gasteiger partial charge in [-0.2, -0.15) is 0 Å². The highest BCUT2D eigenvalue weighted by molar-refractivity contribution is 6.09. The lowest BCUT2D eigenvalue weighted by molar-refractivity contribution is -0.385. The Hall–Kier alpha value is -3.22. The predicted molar refractivity (Wildman–Crippen MR) is 96.5 cm³/mol. The van der Waals surface area contributed by atoms with Crippen molar-refractivity contribution in [3.63, 3.8) is 0 Å². The summed E-state index contributed by atoms with van der Waals surface area (Å²) in [4.78, 5) is 33.9. The van der Waals surface area contributed by atoms with Gasteiger partial charge in [-0.15, -0.1) is 0 Å². The van der Waals surface area contributed by atoms with E-state index < -0.39 is 11.0 Å². The van der Waals surface area contributed by atoms with Crippen molar-refractivity contribution in [3.8, 4) is 0 Å². The van der Waals surface area contributed by atoms with E-state index in [9.17, 15) is 19.7 Å². The number of carbonyl (C=O) groups is 2. The molecule has 0 atom stereocenters. The number of hydrogen-bond donors (Lipinski definition) is 1. The van der Waals surface area contributed by atoms with E-state index in [0.29, 0.717) is 16.7 Å². The summed E-state index contributed by atoms with van der Waals surface area (Å²) in [6.45, 7) is 3.09. The SMILES string of the molecule is Cc1cc(C(=O)c2ccccc2)ccc1[N+](=O)[O-].O=C(O)N1CCCC1. The number of nitrogens with zero attached hydrogens (tertiary/aromatic N) is 2. The van der Waals surface area contributed by atoms with Crippen molar-refractivity contribution >= 4 is 17.6 Å². The second-order valence-electron chi connectivity index (χ2n) is 5.93. The second-order valence-corrected chi connectivity index (χ2v) is 5.93. The maximum absolute atomic E-state index is 12.1. The Bertz CT molecular complexity index is 799. The normalized spacial score (nSPS) is 12.9. The zero-order valence-corrected chi connectivity index (χ0v) is 14.4. The van der Waals surface area contributed by atoms with Crippen LogP contribution in [-0.2, 0) is 0 Å². The van der Waals surface area contributed by atoms with Crippen LogP contribution in [0.3, 0.4) is 0 Å². The van der Waals surface area contributed by atoms with E-state index in [4.69, 9.17) is 5.11 Å². The predicted octanol–water partition coefficient (Wildman–Crippen LogP) is 3.89. The van der Waals surface area contributed by atoms with Crippen molar-refractivity contribution in [1.29, 1.82) is 0 Å². The first kappa shape index (κ1) is 19.1. The zero-order chi connectivity index (χ0) is 19.1. The quantitative estimate of drug-likeness (QED) is 0.511. The van der Waals surface area contributed by atoms with E-state index in [0.717, 1.165) is 25.9 Å². The summed E-state index contributed by atoms with van der Waals surface area (Å²) in [6.07, 6.45) is 1.29. The molecule has 1 N–H and O–H groups in total. The van der Waals surface area contributed by atoms with Crippen LogP contribution in [0, 0.1) is 17.0 Å². The van der Waals surface area contributed by atoms with Crippen LogP contribution in [-0.4, -0.2) is 39.9 Å². The molecule has 0 spiro atoms. The third-order valence-electron chi connectivity index (χ3n) is 4.07. The van der Waals surface area contributed by atoms with E-state index in [2.05, 4.69) is 0 Å². The minimum absolute atomic E-state index is 0.0274. The Balaban J connectivity index is 0.000000254. The van der Waals surface area contributed by atoms with Gasteiger partial charge in [0.25, 0.3) is 5.69 Å². The molecule has 2 aromatic rings. The number of likely N-dealkylation sites (tertiary alicyclic amines) is 1. The molecule has 1 aliphatic heterocycles. The number of nitro benzene ring substituents is 1. The van der Waals surface area contributed by atoms with E-state index in [1.165, 1.54) is 17.0 Å². The molecule has 0 radical (unpaired) electrons. The fourth-order valence-corrected chi connectivity index (χ4v) is 2.67. The highest BCUT2D eigenvalue weighted by Crippen LogP contribution is 2.20. The molecule has 7 nitrogen and oxygen atoms in total. The van der Waals surface area contributed by atoms with Crippen LogP contribution in [0.25, 0.3) is 0 Å². The van der Waals surface area contributed by atoms with E-state index in [1.54, 1.807) is 37.3 Å². The minimum Gasteiger partial charge on any atom is -0.465 e. The summed E-state index contributed by atoms with van der Waals surface area (Å²) < 4.78 is 0. The van der Waals surface area contributed by atoms with Crippen molar-refractivity contribution in [2.24, 2.45) is 0 Å². The lowest BCUT2D eigenvalue weighted by Gasteiger charge is -2.07. The fourth-order valence-electron chi connectivity index (χ4n) is 2.67. The molecular weight excluding hydrogens is 336 g/mol. The summed E-state index contributed by atoms with van der Waals surface area (Å²) in [5, 5.41) is 19.0. The van der Waals surface area contributed by atoms with E-state index in [1.807, 2.05) is 6.07 Å². The van der Waals surface area contributed by atoms with Gasteiger partial charge in [-0.1, -0.05) is 30.3 Å². The molecule has 136 valence electrons.